The number of rotatable bonds is 0. The molecular formula is C5H10N3S+. The van der Waals surface area contributed by atoms with E-state index in [9.17, 15) is 0 Å². The fourth-order valence-corrected chi connectivity index (χ4v) is 0.877. The van der Waals surface area contributed by atoms with Gasteiger partial charge >= 0.3 is 0 Å². The van der Waals surface area contributed by atoms with E-state index in [2.05, 4.69) is 5.32 Å². The molecule has 0 saturated heterocycles. The molecular weight excluding hydrogens is 134 g/mol. The van der Waals surface area contributed by atoms with Gasteiger partial charge in [-0.2, -0.15) is 0 Å². The quantitative estimate of drug-likeness (QED) is 0.362. The Kier molecular flexibility index (Phi) is 1.22. The van der Waals surface area contributed by atoms with Crippen molar-refractivity contribution in [1.82, 2.24) is 5.32 Å². The van der Waals surface area contributed by atoms with Gasteiger partial charge in [0.05, 0.1) is 14.1 Å². The first-order valence-electron chi connectivity index (χ1n) is 2.66. The van der Waals surface area contributed by atoms with Gasteiger partial charge in [-0.1, -0.05) is 0 Å². The second-order valence-electron chi connectivity index (χ2n) is 2.55. The van der Waals surface area contributed by atoms with E-state index in [4.69, 9.17) is 18.0 Å². The van der Waals surface area contributed by atoms with Crippen LogP contribution in [-0.2, 0) is 0 Å². The summed E-state index contributed by atoms with van der Waals surface area (Å²) in [7, 11) is 3.93. The van der Waals surface area contributed by atoms with E-state index < -0.39 is 0 Å². The van der Waals surface area contributed by atoms with Gasteiger partial charge in [-0.25, -0.2) is 4.48 Å². The topological polar surface area (TPSA) is 38.0 Å². The Balaban J connectivity index is 2.89. The number of nitrogens with two attached hydrogens (primary N) is 1. The second kappa shape index (κ2) is 1.68. The summed E-state index contributed by atoms with van der Waals surface area (Å²) in [5.41, 5.74) is 5.45. The molecule has 50 valence electrons. The predicted molar refractivity (Wildman–Crippen MR) is 40.1 cm³/mol. The van der Waals surface area contributed by atoms with Crippen molar-refractivity contribution in [2.24, 2.45) is 5.73 Å². The van der Waals surface area contributed by atoms with Crippen molar-refractivity contribution in [3.05, 3.63) is 12.0 Å². The summed E-state index contributed by atoms with van der Waals surface area (Å²) in [5, 5.41) is 3.59. The maximum atomic E-state index is 5.45. The first-order valence-corrected chi connectivity index (χ1v) is 3.07. The van der Waals surface area contributed by atoms with E-state index in [0.717, 1.165) is 5.11 Å². The highest BCUT2D eigenvalue weighted by Gasteiger charge is 2.27. The van der Waals surface area contributed by atoms with Gasteiger partial charge in [0, 0.05) is 12.2 Å². The lowest BCUT2D eigenvalue weighted by molar-refractivity contribution is -0.737. The van der Waals surface area contributed by atoms with Crippen molar-refractivity contribution in [3.8, 4) is 0 Å². The molecule has 1 aliphatic rings. The molecule has 1 aliphatic heterocycles. The zero-order chi connectivity index (χ0) is 7.07. The van der Waals surface area contributed by atoms with Crippen molar-refractivity contribution in [1.29, 1.82) is 0 Å². The summed E-state index contributed by atoms with van der Waals surface area (Å²) in [5.74, 6) is 0.644. The number of quaternary nitrogens is 1. The van der Waals surface area contributed by atoms with Gasteiger partial charge in [-0.3, -0.25) is 5.32 Å². The number of nitrogens with zero attached hydrogens (tertiary/aromatic N) is 1. The molecule has 0 fully saturated rings. The highest BCUT2D eigenvalue weighted by molar-refractivity contribution is 7.80. The molecule has 3 nitrogen and oxygen atoms in total. The maximum Gasteiger partial charge on any atom is 0.280 e. The lowest BCUT2D eigenvalue weighted by Gasteiger charge is -2.16. The molecule has 1 rings (SSSR count). The number of hydrogen-bond acceptors (Lipinski definition) is 2. The van der Waals surface area contributed by atoms with Crippen LogP contribution >= 0.6 is 12.2 Å². The lowest BCUT2D eigenvalue weighted by atomic mass is 10.7. The Hall–Kier alpha value is -0.610. The summed E-state index contributed by atoms with van der Waals surface area (Å²) in [6.07, 6.45) is 1.86. The average Bonchev–Trinajstić information content (AvgIpc) is 1.79. The van der Waals surface area contributed by atoms with Crippen LogP contribution < -0.4 is 11.1 Å². The molecule has 0 amide bonds. The first kappa shape index (κ1) is 6.51. The van der Waals surface area contributed by atoms with Crippen LogP contribution in [0.4, 0.5) is 0 Å². The van der Waals surface area contributed by atoms with Crippen molar-refractivity contribution in [3.63, 3.8) is 0 Å². The highest BCUT2D eigenvalue weighted by atomic mass is 32.1. The SMILES string of the molecule is C[N+]1(C)C=C(N)NC1=S. The number of nitrogens with one attached hydrogen (secondary N) is 1. The van der Waals surface area contributed by atoms with E-state index in [1.54, 1.807) is 0 Å². The van der Waals surface area contributed by atoms with Crippen molar-refractivity contribution < 1.29 is 4.48 Å². The number of hydrogen-bond donors (Lipinski definition) is 2. The van der Waals surface area contributed by atoms with E-state index in [0.29, 0.717) is 10.3 Å². The van der Waals surface area contributed by atoms with E-state index in [1.807, 2.05) is 20.3 Å². The van der Waals surface area contributed by atoms with Gasteiger partial charge in [0.15, 0.2) is 5.82 Å². The molecule has 0 aromatic heterocycles. The van der Waals surface area contributed by atoms with E-state index in [1.165, 1.54) is 0 Å². The molecule has 0 aromatic rings. The predicted octanol–water partition coefficient (Wildman–Crippen LogP) is -0.291. The number of thiocarbonyl (C=S) groups is 1. The monoisotopic (exact) mass is 144 g/mol. The molecule has 3 N–H and O–H groups in total. The molecule has 1 heterocycles. The zero-order valence-corrected chi connectivity index (χ0v) is 6.33. The Labute approximate surface area is 59.7 Å². The third-order valence-corrected chi connectivity index (χ3v) is 1.81. The Morgan fingerprint density at radius 2 is 2.22 bits per heavy atom. The van der Waals surface area contributed by atoms with Crippen LogP contribution in [0.1, 0.15) is 0 Å². The fraction of sp³-hybridized carbons (Fsp3) is 0.400. The van der Waals surface area contributed by atoms with Crippen LogP contribution in [0.15, 0.2) is 12.0 Å². The van der Waals surface area contributed by atoms with E-state index >= 15 is 0 Å². The maximum absolute atomic E-state index is 5.45. The van der Waals surface area contributed by atoms with Gasteiger partial charge in [0.2, 0.25) is 0 Å². The zero-order valence-electron chi connectivity index (χ0n) is 5.51. The fourth-order valence-electron chi connectivity index (χ4n) is 0.706. The van der Waals surface area contributed by atoms with Gasteiger partial charge in [0.25, 0.3) is 5.11 Å². The van der Waals surface area contributed by atoms with E-state index in [-0.39, 0.29) is 0 Å². The minimum atomic E-state index is 0.557. The minimum absolute atomic E-state index is 0.557. The highest BCUT2D eigenvalue weighted by Crippen LogP contribution is 2.07. The normalized spacial score (nSPS) is 23.3. The summed E-state index contributed by atoms with van der Waals surface area (Å²) in [4.78, 5) is 0. The lowest BCUT2D eigenvalue weighted by Crippen LogP contribution is -2.40. The van der Waals surface area contributed by atoms with Crippen molar-refractivity contribution >= 4 is 17.3 Å². The third-order valence-electron chi connectivity index (χ3n) is 1.24. The molecule has 0 bridgehead atoms. The first-order chi connectivity index (χ1) is 4.02. The molecule has 4 heteroatoms. The minimum Gasteiger partial charge on any atom is -0.381 e. The van der Waals surface area contributed by atoms with Crippen LogP contribution in [0.2, 0.25) is 0 Å². The molecule has 9 heavy (non-hydrogen) atoms. The average molecular weight is 144 g/mol. The van der Waals surface area contributed by atoms with Gasteiger partial charge in [-0.05, 0) is 0 Å². The Bertz CT molecular complexity index is 183. The van der Waals surface area contributed by atoms with Crippen molar-refractivity contribution in [2.45, 2.75) is 0 Å². The van der Waals surface area contributed by atoms with Crippen LogP contribution in [0, 0.1) is 0 Å². The van der Waals surface area contributed by atoms with Crippen LogP contribution in [0.25, 0.3) is 0 Å². The summed E-state index contributed by atoms with van der Waals surface area (Å²) in [6, 6.07) is 0. The van der Waals surface area contributed by atoms with Crippen LogP contribution in [-0.4, -0.2) is 23.7 Å². The smallest absolute Gasteiger partial charge is 0.280 e. The van der Waals surface area contributed by atoms with Gasteiger partial charge in [0.1, 0.15) is 6.20 Å². The Morgan fingerprint density at radius 3 is 2.33 bits per heavy atom. The van der Waals surface area contributed by atoms with Crippen LogP contribution in [0.5, 0.6) is 0 Å². The van der Waals surface area contributed by atoms with Crippen LogP contribution in [0.3, 0.4) is 0 Å². The van der Waals surface area contributed by atoms with Gasteiger partial charge < -0.3 is 5.73 Å². The Morgan fingerprint density at radius 1 is 1.67 bits per heavy atom. The molecule has 0 radical (unpaired) electrons. The molecule has 0 aliphatic carbocycles. The third kappa shape index (κ3) is 1.04. The molecule has 0 spiro atoms. The summed E-state index contributed by atoms with van der Waals surface area (Å²) in [6.45, 7) is 0. The molecule has 0 aromatic carbocycles. The molecule has 0 unspecified atom stereocenters. The van der Waals surface area contributed by atoms with Gasteiger partial charge in [-0.15, -0.1) is 0 Å². The standard InChI is InChI=1S/C5H9N3S/c1-8(2)3-4(6)7-5(8)9/h3H,6H2,1-2H3/p+1. The molecule has 0 saturated carbocycles. The summed E-state index contributed by atoms with van der Waals surface area (Å²) >= 11 is 4.96. The molecule has 0 atom stereocenters. The summed E-state index contributed by atoms with van der Waals surface area (Å²) < 4.78 is 0.557. The largest absolute Gasteiger partial charge is 0.381 e. The van der Waals surface area contributed by atoms with Crippen molar-refractivity contribution in [2.75, 3.05) is 14.1 Å². The second-order valence-corrected chi connectivity index (χ2v) is 2.94.